The van der Waals surface area contributed by atoms with Crippen LogP contribution in [0, 0.1) is 0 Å². The molecule has 2 fully saturated rings. The van der Waals surface area contributed by atoms with E-state index in [0.717, 1.165) is 16.7 Å². The van der Waals surface area contributed by atoms with Crippen molar-refractivity contribution in [3.05, 3.63) is 108 Å². The molecular formula is C32H37NO6. The van der Waals surface area contributed by atoms with Crippen LogP contribution in [0.5, 0.6) is 0 Å². The number of benzene rings is 3. The molecule has 2 aliphatic heterocycles. The molecule has 0 amide bonds. The molecule has 3 aromatic rings. The highest BCUT2D eigenvalue weighted by Crippen LogP contribution is 2.41. The third kappa shape index (κ3) is 6.93. The molecule has 0 aromatic heterocycles. The second kappa shape index (κ2) is 13.3. The van der Waals surface area contributed by atoms with Crippen LogP contribution in [0.3, 0.4) is 0 Å². The van der Waals surface area contributed by atoms with Crippen LogP contribution in [0.25, 0.3) is 0 Å². The topological polar surface area (TPSA) is 77.5 Å². The Labute approximate surface area is 230 Å². The summed E-state index contributed by atoms with van der Waals surface area (Å²) in [5, 5.41) is 11.1. The van der Waals surface area contributed by atoms with Crippen molar-refractivity contribution < 1.29 is 28.8 Å². The number of carbonyl (C=O) groups is 1. The van der Waals surface area contributed by atoms with Crippen LogP contribution in [0.15, 0.2) is 91.0 Å². The number of rotatable bonds is 12. The lowest BCUT2D eigenvalue weighted by Crippen LogP contribution is -2.49. The van der Waals surface area contributed by atoms with Crippen molar-refractivity contribution in [2.24, 2.45) is 0 Å². The van der Waals surface area contributed by atoms with E-state index in [2.05, 4.69) is 4.90 Å². The Kier molecular flexibility index (Phi) is 9.40. The zero-order valence-corrected chi connectivity index (χ0v) is 22.3. The average molecular weight is 532 g/mol. The molecule has 3 aromatic carbocycles. The van der Waals surface area contributed by atoms with E-state index in [1.807, 2.05) is 91.0 Å². The van der Waals surface area contributed by atoms with Gasteiger partial charge in [0.15, 0.2) is 0 Å². The molecule has 7 heteroatoms. The monoisotopic (exact) mass is 531 g/mol. The maximum Gasteiger partial charge on any atom is 0.302 e. The first-order valence-electron chi connectivity index (χ1n) is 13.6. The molecule has 7 nitrogen and oxygen atoms in total. The van der Waals surface area contributed by atoms with Gasteiger partial charge in [-0.25, -0.2) is 0 Å². The summed E-state index contributed by atoms with van der Waals surface area (Å²) in [5.74, 6) is -0.365. The summed E-state index contributed by atoms with van der Waals surface area (Å²) in [6.45, 7) is 3.22. The van der Waals surface area contributed by atoms with E-state index in [4.69, 9.17) is 18.9 Å². The summed E-state index contributed by atoms with van der Waals surface area (Å²) < 4.78 is 24.8. The summed E-state index contributed by atoms with van der Waals surface area (Å²) in [5.41, 5.74) is 3.24. The fourth-order valence-corrected chi connectivity index (χ4v) is 5.77. The van der Waals surface area contributed by atoms with Gasteiger partial charge in [0.2, 0.25) is 0 Å². The fourth-order valence-electron chi connectivity index (χ4n) is 5.77. The molecule has 2 heterocycles. The summed E-state index contributed by atoms with van der Waals surface area (Å²) in [7, 11) is 0. The smallest absolute Gasteiger partial charge is 0.302 e. The van der Waals surface area contributed by atoms with Gasteiger partial charge in [0.25, 0.3) is 0 Å². The lowest BCUT2D eigenvalue weighted by atomic mass is 10.0. The molecule has 5 rings (SSSR count). The van der Waals surface area contributed by atoms with Crippen LogP contribution in [-0.4, -0.2) is 65.6 Å². The summed E-state index contributed by atoms with van der Waals surface area (Å²) >= 11 is 0. The van der Waals surface area contributed by atoms with Gasteiger partial charge < -0.3 is 24.1 Å². The molecule has 0 bridgehead atoms. The number of nitrogens with zero attached hydrogens (tertiary/aromatic N) is 1. The first-order chi connectivity index (χ1) is 19.1. The van der Waals surface area contributed by atoms with Gasteiger partial charge in [-0.05, 0) is 23.1 Å². The third-order valence-electron chi connectivity index (χ3n) is 7.59. The Hall–Kier alpha value is -3.07. The Morgan fingerprint density at radius 1 is 0.744 bits per heavy atom. The molecule has 0 radical (unpaired) electrons. The number of carbonyl (C=O) groups excluding carboxylic acids is 1. The van der Waals surface area contributed by atoms with Gasteiger partial charge in [-0.3, -0.25) is 9.69 Å². The minimum absolute atomic E-state index is 0.102. The Morgan fingerprint density at radius 2 is 1.26 bits per heavy atom. The molecule has 6 atom stereocenters. The maximum atomic E-state index is 11.7. The van der Waals surface area contributed by atoms with Crippen molar-refractivity contribution in [2.75, 3.05) is 13.2 Å². The number of ether oxygens (including phenoxy) is 4. The van der Waals surface area contributed by atoms with Crippen LogP contribution in [0.1, 0.15) is 30.0 Å². The zero-order chi connectivity index (χ0) is 27.0. The maximum absolute atomic E-state index is 11.7. The molecule has 0 saturated carbocycles. The first-order valence-corrected chi connectivity index (χ1v) is 13.6. The molecule has 1 unspecified atom stereocenters. The lowest BCUT2D eigenvalue weighted by Gasteiger charge is -2.33. The van der Waals surface area contributed by atoms with Crippen LogP contribution in [0.4, 0.5) is 0 Å². The van der Waals surface area contributed by atoms with Gasteiger partial charge in [-0.1, -0.05) is 91.0 Å². The molecular weight excluding hydrogens is 494 g/mol. The van der Waals surface area contributed by atoms with Crippen LogP contribution < -0.4 is 0 Å². The predicted octanol–water partition coefficient (Wildman–Crippen LogP) is 4.12. The molecule has 39 heavy (non-hydrogen) atoms. The quantitative estimate of drug-likeness (QED) is 0.352. The zero-order valence-electron chi connectivity index (χ0n) is 22.3. The fraction of sp³-hybridized carbons (Fsp3) is 0.406. The molecule has 0 spiro atoms. The van der Waals surface area contributed by atoms with Gasteiger partial charge in [-0.15, -0.1) is 0 Å². The predicted molar refractivity (Wildman–Crippen MR) is 147 cm³/mol. The largest absolute Gasteiger partial charge is 0.464 e. The number of aliphatic hydroxyl groups is 1. The number of aliphatic hydroxyl groups excluding tert-OH is 1. The Morgan fingerprint density at radius 3 is 1.79 bits per heavy atom. The number of hydrogen-bond acceptors (Lipinski definition) is 7. The standard InChI is InChI=1S/C32H37NO6/c1-23(34)37-22-28-30(35)17-27-31(38-19-25-13-7-3-8-14-25)32(39-20-26-15-9-4-10-16-26)29(33(27)28)21-36-18-24-11-5-2-6-12-24/h2-16,27-32,35H,17-22H2,1H3/t27?,28-,29+,30+,31+,32+/m0/s1. The van der Waals surface area contributed by atoms with Crippen molar-refractivity contribution in [3.63, 3.8) is 0 Å². The van der Waals surface area contributed by atoms with Gasteiger partial charge in [-0.2, -0.15) is 0 Å². The molecule has 2 saturated heterocycles. The van der Waals surface area contributed by atoms with Gasteiger partial charge in [0, 0.05) is 13.0 Å². The number of esters is 1. The highest BCUT2D eigenvalue weighted by molar-refractivity contribution is 5.65. The number of fused-ring (bicyclic) bond motifs is 1. The molecule has 1 N–H and O–H groups in total. The Bertz CT molecular complexity index is 1160. The van der Waals surface area contributed by atoms with E-state index in [1.54, 1.807) is 0 Å². The van der Waals surface area contributed by atoms with Gasteiger partial charge >= 0.3 is 5.97 Å². The highest BCUT2D eigenvalue weighted by Gasteiger charge is 2.58. The number of hydrogen-bond donors (Lipinski definition) is 1. The van der Waals surface area contributed by atoms with Crippen molar-refractivity contribution >= 4 is 5.97 Å². The van der Waals surface area contributed by atoms with E-state index >= 15 is 0 Å². The van der Waals surface area contributed by atoms with Crippen LogP contribution in [-0.2, 0) is 43.6 Å². The minimum atomic E-state index is -0.649. The average Bonchev–Trinajstić information content (AvgIpc) is 3.43. The SMILES string of the molecule is CC(=O)OC[C@H]1[C@H](O)CC2[C@@H](OCc3ccccc3)[C@H](OCc3ccccc3)[C@@H](COCc3ccccc3)N21. The summed E-state index contributed by atoms with van der Waals surface area (Å²) in [4.78, 5) is 13.9. The van der Waals surface area contributed by atoms with Crippen LogP contribution in [0.2, 0.25) is 0 Å². The molecule has 2 aliphatic rings. The van der Waals surface area contributed by atoms with Crippen molar-refractivity contribution in [2.45, 2.75) is 69.6 Å². The second-order valence-corrected chi connectivity index (χ2v) is 10.3. The van der Waals surface area contributed by atoms with E-state index in [1.165, 1.54) is 6.92 Å². The van der Waals surface area contributed by atoms with Crippen LogP contribution >= 0.6 is 0 Å². The first kappa shape index (κ1) is 27.5. The van der Waals surface area contributed by atoms with Crippen molar-refractivity contribution in [3.8, 4) is 0 Å². The lowest BCUT2D eigenvalue weighted by molar-refractivity contribution is -0.144. The van der Waals surface area contributed by atoms with Gasteiger partial charge in [0.05, 0.1) is 44.6 Å². The van der Waals surface area contributed by atoms with Gasteiger partial charge in [0.1, 0.15) is 18.8 Å². The van der Waals surface area contributed by atoms with E-state index in [9.17, 15) is 9.90 Å². The van der Waals surface area contributed by atoms with E-state index in [-0.39, 0.29) is 42.9 Å². The molecule has 206 valence electrons. The highest BCUT2D eigenvalue weighted by atomic mass is 16.6. The normalized spacial score (nSPS) is 26.4. The van der Waals surface area contributed by atoms with E-state index < -0.39 is 6.10 Å². The third-order valence-corrected chi connectivity index (χ3v) is 7.59. The van der Waals surface area contributed by atoms with Crippen molar-refractivity contribution in [1.29, 1.82) is 0 Å². The van der Waals surface area contributed by atoms with Crippen molar-refractivity contribution in [1.82, 2.24) is 4.90 Å². The Balaban J connectivity index is 1.39. The molecule has 0 aliphatic carbocycles. The van der Waals surface area contributed by atoms with E-state index in [0.29, 0.717) is 32.8 Å². The minimum Gasteiger partial charge on any atom is -0.464 e. The second-order valence-electron chi connectivity index (χ2n) is 10.3. The summed E-state index contributed by atoms with van der Waals surface area (Å²) in [6.07, 6.45) is -0.742. The summed E-state index contributed by atoms with van der Waals surface area (Å²) in [6, 6.07) is 29.5.